The molecule has 1 fully saturated rings. The van der Waals surface area contributed by atoms with E-state index in [1.165, 1.54) is 12.1 Å². The van der Waals surface area contributed by atoms with Crippen LogP contribution in [-0.2, 0) is 14.8 Å². The maximum Gasteiger partial charge on any atom is 0.263 e. The quantitative estimate of drug-likeness (QED) is 0.362. The van der Waals surface area contributed by atoms with Gasteiger partial charge in [-0.05, 0) is 75.2 Å². The van der Waals surface area contributed by atoms with E-state index in [-0.39, 0.29) is 22.5 Å². The average Bonchev–Trinajstić information content (AvgIpc) is 3.44. The van der Waals surface area contributed by atoms with Crippen LogP contribution in [-0.4, -0.2) is 47.6 Å². The van der Waals surface area contributed by atoms with Crippen LogP contribution in [0.15, 0.2) is 70.2 Å². The van der Waals surface area contributed by atoms with Crippen LogP contribution in [0.2, 0.25) is 0 Å². The monoisotopic (exact) mass is 533 g/mol. The van der Waals surface area contributed by atoms with Crippen LogP contribution in [0, 0.1) is 19.8 Å². The van der Waals surface area contributed by atoms with Crippen molar-refractivity contribution < 1.29 is 17.6 Å². The summed E-state index contributed by atoms with van der Waals surface area (Å²) in [6, 6.07) is 15.0. The summed E-state index contributed by atoms with van der Waals surface area (Å²) in [5, 5.41) is 11.5. The smallest absolute Gasteiger partial charge is 0.263 e. The molecule has 1 aliphatic heterocycles. The molecule has 0 unspecified atom stereocenters. The van der Waals surface area contributed by atoms with Gasteiger partial charge in [0.15, 0.2) is 11.6 Å². The van der Waals surface area contributed by atoms with Crippen LogP contribution < -0.4 is 14.9 Å². The minimum atomic E-state index is -3.84. The topological polar surface area (TPSA) is 143 Å². The van der Waals surface area contributed by atoms with Gasteiger partial charge in [-0.3, -0.25) is 9.52 Å². The van der Waals surface area contributed by atoms with Crippen LogP contribution in [0.3, 0.4) is 0 Å². The number of hydrogen-bond acceptors (Lipinski definition) is 9. The van der Waals surface area contributed by atoms with Crippen LogP contribution >= 0.6 is 0 Å². The lowest BCUT2D eigenvalue weighted by molar-refractivity contribution is -0.120. The first kappa shape index (κ1) is 25.3. The summed E-state index contributed by atoms with van der Waals surface area (Å²) in [6.07, 6.45) is 2.93. The molecule has 0 saturated carbocycles. The number of aryl methyl sites for hydroxylation is 2. The summed E-state index contributed by atoms with van der Waals surface area (Å²) < 4.78 is 33.3. The summed E-state index contributed by atoms with van der Waals surface area (Å²) in [6.45, 7) is 4.82. The fraction of sp³-hybridized carbons (Fsp3) is 0.269. The molecular formula is C26H27N7O4S. The maximum atomic E-state index is 12.9. The van der Waals surface area contributed by atoms with E-state index >= 15 is 0 Å². The number of amides is 1. The van der Waals surface area contributed by atoms with Gasteiger partial charge in [-0.2, -0.15) is 0 Å². The molecule has 0 aliphatic carbocycles. The van der Waals surface area contributed by atoms with Crippen LogP contribution in [0.25, 0.3) is 11.5 Å². The molecule has 2 N–H and O–H groups in total. The third kappa shape index (κ3) is 5.80. The Hall–Kier alpha value is -4.32. The van der Waals surface area contributed by atoms with Crippen LogP contribution in [0.4, 0.5) is 17.3 Å². The van der Waals surface area contributed by atoms with Crippen molar-refractivity contribution in [1.82, 2.24) is 20.2 Å². The second-order valence-corrected chi connectivity index (χ2v) is 10.8. The van der Waals surface area contributed by atoms with Gasteiger partial charge < -0.3 is 14.6 Å². The molecule has 1 aliphatic rings. The van der Waals surface area contributed by atoms with Crippen molar-refractivity contribution >= 4 is 33.3 Å². The van der Waals surface area contributed by atoms with Crippen molar-refractivity contribution in [1.29, 1.82) is 0 Å². The van der Waals surface area contributed by atoms with Gasteiger partial charge in [0.2, 0.25) is 5.91 Å². The highest BCUT2D eigenvalue weighted by Gasteiger charge is 2.26. The van der Waals surface area contributed by atoms with Gasteiger partial charge in [-0.15, -0.1) is 10.2 Å². The number of carbonyl (C=O) groups excluding carboxylic acids is 1. The van der Waals surface area contributed by atoms with E-state index in [9.17, 15) is 13.2 Å². The molecule has 0 atom stereocenters. The van der Waals surface area contributed by atoms with Crippen LogP contribution in [0.1, 0.15) is 24.4 Å². The minimum absolute atomic E-state index is 0.0666. The molecule has 11 nitrogen and oxygen atoms in total. The Labute approximate surface area is 220 Å². The maximum absolute atomic E-state index is 12.9. The predicted molar refractivity (Wildman–Crippen MR) is 142 cm³/mol. The Bertz CT molecular complexity index is 1490. The Kier molecular flexibility index (Phi) is 7.05. The molecule has 3 aromatic heterocycles. The minimum Gasteiger partial charge on any atom is -0.463 e. The van der Waals surface area contributed by atoms with Gasteiger partial charge in [0.05, 0.1) is 11.2 Å². The van der Waals surface area contributed by atoms with Gasteiger partial charge >= 0.3 is 0 Å². The largest absolute Gasteiger partial charge is 0.463 e. The predicted octanol–water partition coefficient (Wildman–Crippen LogP) is 3.80. The number of piperidine rings is 1. The molecule has 12 heteroatoms. The Morgan fingerprint density at radius 3 is 2.39 bits per heavy atom. The molecule has 0 bridgehead atoms. The van der Waals surface area contributed by atoms with E-state index < -0.39 is 10.0 Å². The molecule has 1 amide bonds. The molecule has 4 aromatic rings. The number of rotatable bonds is 7. The summed E-state index contributed by atoms with van der Waals surface area (Å²) in [5.41, 5.74) is 1.86. The second kappa shape index (κ2) is 10.6. The zero-order valence-electron chi connectivity index (χ0n) is 21.0. The first-order valence-corrected chi connectivity index (χ1v) is 13.6. The van der Waals surface area contributed by atoms with Gasteiger partial charge in [-0.1, -0.05) is 0 Å². The first-order valence-electron chi connectivity index (χ1n) is 12.2. The number of hydrogen-bond donors (Lipinski definition) is 2. The summed E-state index contributed by atoms with van der Waals surface area (Å²) in [5.74, 6) is 1.86. The second-order valence-electron chi connectivity index (χ2n) is 9.08. The van der Waals surface area contributed by atoms with Crippen LogP contribution in [0.5, 0.6) is 0 Å². The molecule has 38 heavy (non-hydrogen) atoms. The van der Waals surface area contributed by atoms with E-state index in [0.717, 1.165) is 5.82 Å². The van der Waals surface area contributed by atoms with E-state index in [1.54, 1.807) is 44.4 Å². The van der Waals surface area contributed by atoms with Gasteiger partial charge in [0.1, 0.15) is 17.3 Å². The van der Waals surface area contributed by atoms with Crippen molar-refractivity contribution in [3.8, 4) is 11.5 Å². The van der Waals surface area contributed by atoms with Gasteiger partial charge in [0.25, 0.3) is 10.0 Å². The number of furan rings is 1. The number of anilines is 3. The number of carbonyl (C=O) groups is 1. The summed E-state index contributed by atoms with van der Waals surface area (Å²) in [4.78, 5) is 23.3. The SMILES string of the molecule is Cc1cc(NS(=O)(=O)c2ccc(NC(=O)C3CCN(c4ccc(-c5ccco5)nn4)CC3)cc2)nc(C)n1. The normalized spacial score (nSPS) is 14.3. The lowest BCUT2D eigenvalue weighted by Gasteiger charge is -2.31. The van der Waals surface area contributed by atoms with Crippen molar-refractivity contribution in [2.45, 2.75) is 31.6 Å². The standard InChI is InChI=1S/C26H27N7O4S/c1-17-16-24(28-18(2)27-17)32-38(35,36)21-7-5-20(6-8-21)29-26(34)19-11-13-33(14-12-19)25-10-9-22(30-31-25)23-4-3-15-37-23/h3-10,15-16,19H,11-14H2,1-2H3,(H,29,34)(H,27,28,32). The molecule has 1 saturated heterocycles. The summed E-state index contributed by atoms with van der Waals surface area (Å²) >= 11 is 0. The molecule has 4 heterocycles. The fourth-order valence-corrected chi connectivity index (χ4v) is 5.34. The Morgan fingerprint density at radius 2 is 1.76 bits per heavy atom. The van der Waals surface area contributed by atoms with Gasteiger partial charge in [-0.25, -0.2) is 18.4 Å². The zero-order valence-corrected chi connectivity index (χ0v) is 21.8. The highest BCUT2D eigenvalue weighted by molar-refractivity contribution is 7.92. The molecule has 1 aromatic carbocycles. The highest BCUT2D eigenvalue weighted by atomic mass is 32.2. The third-order valence-electron chi connectivity index (χ3n) is 6.25. The average molecular weight is 534 g/mol. The molecule has 5 rings (SSSR count). The molecule has 0 spiro atoms. The number of nitrogens with one attached hydrogen (secondary N) is 2. The van der Waals surface area contributed by atoms with E-state index in [0.29, 0.717) is 54.6 Å². The Balaban J connectivity index is 1.15. The molecule has 0 radical (unpaired) electrons. The Morgan fingerprint density at radius 1 is 1.00 bits per heavy atom. The summed E-state index contributed by atoms with van der Waals surface area (Å²) in [7, 11) is -3.84. The van der Waals surface area contributed by atoms with Crippen molar-refractivity contribution in [3.63, 3.8) is 0 Å². The number of sulfonamides is 1. The molecule has 196 valence electrons. The fourth-order valence-electron chi connectivity index (χ4n) is 4.35. The van der Waals surface area contributed by atoms with Crippen molar-refractivity contribution in [3.05, 3.63) is 72.4 Å². The lowest BCUT2D eigenvalue weighted by atomic mass is 9.96. The highest BCUT2D eigenvalue weighted by Crippen LogP contribution is 2.25. The number of nitrogens with zero attached hydrogens (tertiary/aromatic N) is 5. The molecular weight excluding hydrogens is 506 g/mol. The number of aromatic nitrogens is 4. The lowest BCUT2D eigenvalue weighted by Crippen LogP contribution is -2.38. The van der Waals surface area contributed by atoms with E-state index in [2.05, 4.69) is 35.1 Å². The van der Waals surface area contributed by atoms with E-state index in [4.69, 9.17) is 4.42 Å². The van der Waals surface area contributed by atoms with Gasteiger partial charge in [0, 0.05) is 36.5 Å². The van der Waals surface area contributed by atoms with Crippen molar-refractivity contribution in [2.75, 3.05) is 28.0 Å². The zero-order chi connectivity index (χ0) is 26.7. The third-order valence-corrected chi connectivity index (χ3v) is 7.62. The van der Waals surface area contributed by atoms with E-state index in [1.807, 2.05) is 18.2 Å². The van der Waals surface area contributed by atoms with Crippen molar-refractivity contribution in [2.24, 2.45) is 5.92 Å². The first-order chi connectivity index (χ1) is 18.3. The number of benzene rings is 1.